The number of nitrogens with zero attached hydrogens (tertiary/aromatic N) is 1. The molecule has 0 saturated carbocycles. The molecule has 3 nitrogen and oxygen atoms in total. The molecule has 4 heteroatoms. The molecule has 0 radical (unpaired) electrons. The van der Waals surface area contributed by atoms with Gasteiger partial charge in [-0.15, -0.1) is 11.3 Å². The van der Waals surface area contributed by atoms with Crippen LogP contribution in [-0.4, -0.2) is 30.1 Å². The quantitative estimate of drug-likeness (QED) is 0.754. The van der Waals surface area contributed by atoms with Gasteiger partial charge >= 0.3 is 0 Å². The lowest BCUT2D eigenvalue weighted by Crippen LogP contribution is -2.36. The maximum atomic E-state index is 12.8. The fraction of sp³-hybridized carbons (Fsp3) is 0.450. The molecule has 1 fully saturated rings. The zero-order chi connectivity index (χ0) is 16.8. The van der Waals surface area contributed by atoms with Gasteiger partial charge in [-0.05, 0) is 43.2 Å². The third kappa shape index (κ3) is 4.92. The molecular formula is C20H25NO2S. The highest BCUT2D eigenvalue weighted by Crippen LogP contribution is 2.18. The van der Waals surface area contributed by atoms with Crippen LogP contribution in [0.2, 0.25) is 0 Å². The second-order valence-electron chi connectivity index (χ2n) is 6.48. The molecule has 2 heterocycles. The van der Waals surface area contributed by atoms with E-state index in [4.69, 9.17) is 4.74 Å². The Morgan fingerprint density at radius 3 is 2.96 bits per heavy atom. The molecule has 0 aliphatic carbocycles. The van der Waals surface area contributed by atoms with E-state index in [-0.39, 0.29) is 12.0 Å². The van der Waals surface area contributed by atoms with E-state index < -0.39 is 0 Å². The fourth-order valence-corrected chi connectivity index (χ4v) is 3.88. The summed E-state index contributed by atoms with van der Waals surface area (Å²) >= 11 is 1.71. The van der Waals surface area contributed by atoms with E-state index in [1.165, 1.54) is 16.0 Å². The van der Waals surface area contributed by atoms with E-state index in [0.29, 0.717) is 19.5 Å². The normalized spacial score (nSPS) is 17.1. The van der Waals surface area contributed by atoms with Gasteiger partial charge in [0.05, 0.1) is 12.6 Å². The Balaban J connectivity index is 1.60. The zero-order valence-corrected chi connectivity index (χ0v) is 15.1. The van der Waals surface area contributed by atoms with Crippen molar-refractivity contribution < 1.29 is 9.53 Å². The summed E-state index contributed by atoms with van der Waals surface area (Å²) in [4.78, 5) is 16.0. The fourth-order valence-electron chi connectivity index (χ4n) is 3.16. The number of hydrogen-bond donors (Lipinski definition) is 0. The van der Waals surface area contributed by atoms with Crippen molar-refractivity contribution in [3.63, 3.8) is 0 Å². The zero-order valence-electron chi connectivity index (χ0n) is 14.2. The molecule has 1 aliphatic rings. The molecular weight excluding hydrogens is 318 g/mol. The van der Waals surface area contributed by atoms with Gasteiger partial charge in [0.25, 0.3) is 0 Å². The van der Waals surface area contributed by atoms with Crippen LogP contribution in [0.3, 0.4) is 0 Å². The third-order valence-electron chi connectivity index (χ3n) is 4.44. The lowest BCUT2D eigenvalue weighted by Gasteiger charge is -2.25. The van der Waals surface area contributed by atoms with Crippen molar-refractivity contribution in [2.45, 2.75) is 45.3 Å². The van der Waals surface area contributed by atoms with Gasteiger partial charge in [-0.1, -0.05) is 35.9 Å². The average molecular weight is 343 g/mol. The minimum absolute atomic E-state index is 0.202. The number of hydrogen-bond acceptors (Lipinski definition) is 3. The van der Waals surface area contributed by atoms with E-state index in [1.807, 2.05) is 11.0 Å². The molecule has 3 rings (SSSR count). The summed E-state index contributed by atoms with van der Waals surface area (Å²) in [7, 11) is 0. The number of carbonyl (C=O) groups is 1. The molecule has 1 atom stereocenters. The summed E-state index contributed by atoms with van der Waals surface area (Å²) in [6.45, 7) is 4.33. The van der Waals surface area contributed by atoms with Gasteiger partial charge in [0.15, 0.2) is 0 Å². The first-order valence-corrected chi connectivity index (χ1v) is 9.56. The molecule has 2 aromatic rings. The van der Waals surface area contributed by atoms with Gasteiger partial charge in [0.2, 0.25) is 5.91 Å². The number of benzene rings is 1. The standard InChI is InChI=1S/C20H25NO2S/c1-16-5-2-6-17(13-16)9-10-20(22)21(14-18-7-3-11-23-18)15-19-8-4-12-24-19/h2,4-6,8,12-13,18H,3,7,9-11,14-15H2,1H3. The summed E-state index contributed by atoms with van der Waals surface area (Å²) in [5, 5.41) is 2.07. The number of ether oxygens (including phenoxy) is 1. The first-order chi connectivity index (χ1) is 11.7. The number of amides is 1. The number of carbonyl (C=O) groups excluding carboxylic acids is 1. The third-order valence-corrected chi connectivity index (χ3v) is 5.30. The molecule has 128 valence electrons. The van der Waals surface area contributed by atoms with E-state index in [1.54, 1.807) is 11.3 Å². The van der Waals surface area contributed by atoms with Crippen molar-refractivity contribution in [3.05, 3.63) is 57.8 Å². The van der Waals surface area contributed by atoms with Gasteiger partial charge in [-0.25, -0.2) is 0 Å². The number of rotatable bonds is 7. The largest absolute Gasteiger partial charge is 0.376 e. The smallest absolute Gasteiger partial charge is 0.223 e. The van der Waals surface area contributed by atoms with Crippen LogP contribution in [0.15, 0.2) is 41.8 Å². The molecule has 1 aliphatic heterocycles. The second-order valence-corrected chi connectivity index (χ2v) is 7.51. The Kier molecular flexibility index (Phi) is 6.05. The minimum atomic E-state index is 0.202. The topological polar surface area (TPSA) is 29.5 Å². The van der Waals surface area contributed by atoms with E-state index >= 15 is 0 Å². The summed E-state index contributed by atoms with van der Waals surface area (Å²) in [6.07, 6.45) is 3.73. The van der Waals surface area contributed by atoms with Crippen LogP contribution in [0.25, 0.3) is 0 Å². The minimum Gasteiger partial charge on any atom is -0.376 e. The molecule has 1 saturated heterocycles. The van der Waals surface area contributed by atoms with Gasteiger partial charge in [0.1, 0.15) is 0 Å². The van der Waals surface area contributed by atoms with E-state index in [0.717, 1.165) is 25.9 Å². The lowest BCUT2D eigenvalue weighted by atomic mass is 10.1. The van der Waals surface area contributed by atoms with Crippen molar-refractivity contribution in [3.8, 4) is 0 Å². The monoisotopic (exact) mass is 343 g/mol. The molecule has 1 aromatic heterocycles. The maximum Gasteiger partial charge on any atom is 0.223 e. The molecule has 1 amide bonds. The van der Waals surface area contributed by atoms with Crippen molar-refractivity contribution >= 4 is 17.2 Å². The predicted octanol–water partition coefficient (Wildman–Crippen LogP) is 4.20. The van der Waals surface area contributed by atoms with Gasteiger partial charge in [-0.3, -0.25) is 4.79 Å². The van der Waals surface area contributed by atoms with Crippen molar-refractivity contribution in [2.24, 2.45) is 0 Å². The molecule has 0 bridgehead atoms. The highest BCUT2D eigenvalue weighted by atomic mass is 32.1. The summed E-state index contributed by atoms with van der Waals surface area (Å²) in [6, 6.07) is 12.6. The molecule has 1 aromatic carbocycles. The highest BCUT2D eigenvalue weighted by Gasteiger charge is 2.22. The second kappa shape index (κ2) is 8.45. The molecule has 24 heavy (non-hydrogen) atoms. The van der Waals surface area contributed by atoms with Crippen LogP contribution in [-0.2, 0) is 22.5 Å². The van der Waals surface area contributed by atoms with Gasteiger partial charge in [0, 0.05) is 24.4 Å². The molecule has 0 spiro atoms. The van der Waals surface area contributed by atoms with Crippen LogP contribution in [0, 0.1) is 6.92 Å². The van der Waals surface area contributed by atoms with Crippen molar-refractivity contribution in [1.82, 2.24) is 4.90 Å². The maximum absolute atomic E-state index is 12.8. The van der Waals surface area contributed by atoms with Gasteiger partial charge in [-0.2, -0.15) is 0 Å². The van der Waals surface area contributed by atoms with Crippen LogP contribution in [0.4, 0.5) is 0 Å². The van der Waals surface area contributed by atoms with Gasteiger partial charge < -0.3 is 9.64 Å². The summed E-state index contributed by atoms with van der Waals surface area (Å²) in [5.41, 5.74) is 2.48. The van der Waals surface area contributed by atoms with Crippen molar-refractivity contribution in [1.29, 1.82) is 0 Å². The Hall–Kier alpha value is -1.65. The first kappa shape index (κ1) is 17.2. The van der Waals surface area contributed by atoms with Crippen LogP contribution in [0.1, 0.15) is 35.3 Å². The number of aryl methyl sites for hydroxylation is 2. The summed E-state index contributed by atoms with van der Waals surface area (Å²) < 4.78 is 5.74. The van der Waals surface area contributed by atoms with Crippen LogP contribution >= 0.6 is 11.3 Å². The SMILES string of the molecule is Cc1cccc(CCC(=O)N(Cc2cccs2)CC2CCCO2)c1. The predicted molar refractivity (Wildman–Crippen MR) is 98.2 cm³/mol. The Bertz CT molecular complexity index is 647. The first-order valence-electron chi connectivity index (χ1n) is 8.68. The Morgan fingerprint density at radius 2 is 2.25 bits per heavy atom. The Morgan fingerprint density at radius 1 is 1.33 bits per heavy atom. The number of thiophene rings is 1. The summed E-state index contributed by atoms with van der Waals surface area (Å²) in [5.74, 6) is 0.223. The highest BCUT2D eigenvalue weighted by molar-refractivity contribution is 7.09. The molecule has 1 unspecified atom stereocenters. The Labute approximate surface area is 148 Å². The average Bonchev–Trinajstić information content (AvgIpc) is 3.26. The van der Waals surface area contributed by atoms with Crippen molar-refractivity contribution in [2.75, 3.05) is 13.2 Å². The molecule has 0 N–H and O–H groups in total. The van der Waals surface area contributed by atoms with Crippen LogP contribution in [0.5, 0.6) is 0 Å². The lowest BCUT2D eigenvalue weighted by molar-refractivity contribution is -0.133. The van der Waals surface area contributed by atoms with E-state index in [9.17, 15) is 4.79 Å². The van der Waals surface area contributed by atoms with Crippen LogP contribution < -0.4 is 0 Å². The van der Waals surface area contributed by atoms with E-state index in [2.05, 4.69) is 42.6 Å².